The minimum absolute atomic E-state index is 0.0406. The maximum atomic E-state index is 12.2. The fourth-order valence-electron chi connectivity index (χ4n) is 2.73. The van der Waals surface area contributed by atoms with Crippen LogP contribution in [0.25, 0.3) is 0 Å². The second kappa shape index (κ2) is 5.62. The van der Waals surface area contributed by atoms with E-state index in [1.165, 1.54) is 4.31 Å². The summed E-state index contributed by atoms with van der Waals surface area (Å²) in [4.78, 5) is 14.0. The molecule has 1 aromatic rings. The van der Waals surface area contributed by atoms with Crippen molar-refractivity contribution in [3.05, 3.63) is 11.9 Å². The number of rotatable bonds is 4. The molecule has 122 valence electrons. The summed E-state index contributed by atoms with van der Waals surface area (Å²) in [6.45, 7) is 5.67. The molecule has 1 aromatic heterocycles. The number of amides is 1. The van der Waals surface area contributed by atoms with Gasteiger partial charge < -0.3 is 4.90 Å². The summed E-state index contributed by atoms with van der Waals surface area (Å²) >= 11 is 0. The first-order valence-electron chi connectivity index (χ1n) is 7.59. The van der Waals surface area contributed by atoms with Crippen molar-refractivity contribution in [3.8, 4) is 0 Å². The molecule has 8 nitrogen and oxygen atoms in total. The molecule has 0 unspecified atom stereocenters. The van der Waals surface area contributed by atoms with Gasteiger partial charge in [-0.2, -0.15) is 4.31 Å². The van der Waals surface area contributed by atoms with Gasteiger partial charge in [-0.15, -0.1) is 5.10 Å². The Bertz CT molecular complexity index is 657. The Morgan fingerprint density at radius 1 is 1.27 bits per heavy atom. The third kappa shape index (κ3) is 2.63. The number of hydrogen-bond donors (Lipinski definition) is 0. The highest BCUT2D eigenvalue weighted by Gasteiger charge is 2.39. The Balaban J connectivity index is 1.63. The van der Waals surface area contributed by atoms with Crippen LogP contribution in [0.15, 0.2) is 6.20 Å². The van der Waals surface area contributed by atoms with Gasteiger partial charge >= 0.3 is 0 Å². The third-order valence-electron chi connectivity index (χ3n) is 4.28. The van der Waals surface area contributed by atoms with Crippen molar-refractivity contribution < 1.29 is 13.2 Å². The summed E-state index contributed by atoms with van der Waals surface area (Å²) in [6.07, 6.45) is 3.69. The Labute approximate surface area is 130 Å². The topological polar surface area (TPSA) is 88.4 Å². The summed E-state index contributed by atoms with van der Waals surface area (Å²) in [6, 6.07) is -0.0406. The molecule has 0 spiro atoms. The average Bonchev–Trinajstić information content (AvgIpc) is 3.07. The first kappa shape index (κ1) is 15.4. The van der Waals surface area contributed by atoms with E-state index in [-0.39, 0.29) is 11.9 Å². The summed E-state index contributed by atoms with van der Waals surface area (Å²) in [7, 11) is -3.21. The summed E-state index contributed by atoms with van der Waals surface area (Å²) in [5.74, 6) is -0.0882. The normalized spacial score (nSPS) is 20.6. The van der Waals surface area contributed by atoms with Crippen LogP contribution in [0.4, 0.5) is 0 Å². The minimum Gasteiger partial charge on any atom is -0.337 e. The molecule has 0 aromatic carbocycles. The molecule has 0 N–H and O–H groups in total. The van der Waals surface area contributed by atoms with Gasteiger partial charge in [0, 0.05) is 26.2 Å². The van der Waals surface area contributed by atoms with Crippen molar-refractivity contribution in [2.45, 2.75) is 38.0 Å². The van der Waals surface area contributed by atoms with Crippen molar-refractivity contribution in [3.63, 3.8) is 0 Å². The Morgan fingerprint density at radius 3 is 2.50 bits per heavy atom. The van der Waals surface area contributed by atoms with Crippen LogP contribution in [0.3, 0.4) is 0 Å². The highest BCUT2D eigenvalue weighted by atomic mass is 32.2. The molecule has 22 heavy (non-hydrogen) atoms. The number of likely N-dealkylation sites (tertiary alicyclic amines) is 1. The molecule has 3 rings (SSSR count). The molecule has 0 aliphatic carbocycles. The van der Waals surface area contributed by atoms with E-state index in [1.54, 1.807) is 29.6 Å². The molecule has 0 bridgehead atoms. The minimum atomic E-state index is -3.21. The van der Waals surface area contributed by atoms with Crippen LogP contribution in [0.1, 0.15) is 43.2 Å². The first-order valence-corrected chi connectivity index (χ1v) is 9.10. The van der Waals surface area contributed by atoms with E-state index in [4.69, 9.17) is 0 Å². The smallest absolute Gasteiger partial charge is 0.276 e. The molecule has 3 heterocycles. The third-order valence-corrected chi connectivity index (χ3v) is 6.49. The molecule has 0 radical (unpaired) electrons. The molecular weight excluding hydrogens is 306 g/mol. The molecule has 1 amide bonds. The number of sulfonamides is 1. The molecule has 2 fully saturated rings. The summed E-state index contributed by atoms with van der Waals surface area (Å²) in [5, 5.41) is 7.51. The number of aromatic nitrogens is 3. The largest absolute Gasteiger partial charge is 0.337 e. The van der Waals surface area contributed by atoms with Crippen LogP contribution in [-0.4, -0.2) is 70.0 Å². The second-order valence-corrected chi connectivity index (χ2v) is 8.64. The molecule has 2 aliphatic rings. The Kier molecular flexibility index (Phi) is 3.94. The van der Waals surface area contributed by atoms with Crippen molar-refractivity contribution in [2.24, 2.45) is 0 Å². The zero-order chi connectivity index (χ0) is 15.9. The average molecular weight is 327 g/mol. The van der Waals surface area contributed by atoms with Crippen molar-refractivity contribution in [2.75, 3.05) is 26.2 Å². The maximum absolute atomic E-state index is 12.2. The van der Waals surface area contributed by atoms with Crippen LogP contribution >= 0.6 is 0 Å². The molecular formula is C13H21N5O3S. The van der Waals surface area contributed by atoms with Gasteiger partial charge in [0.25, 0.3) is 5.91 Å². The van der Waals surface area contributed by atoms with E-state index < -0.39 is 15.3 Å². The van der Waals surface area contributed by atoms with Crippen LogP contribution < -0.4 is 0 Å². The SMILES string of the molecule is CC(C)S(=O)(=O)N1CC(n2cc(C(=O)N3CCCC3)nn2)C1. The lowest BCUT2D eigenvalue weighted by molar-refractivity contribution is 0.0786. The highest BCUT2D eigenvalue weighted by Crippen LogP contribution is 2.25. The fourth-order valence-corrected chi connectivity index (χ4v) is 4.08. The van der Waals surface area contributed by atoms with E-state index in [0.717, 1.165) is 25.9 Å². The van der Waals surface area contributed by atoms with Crippen molar-refractivity contribution in [1.82, 2.24) is 24.2 Å². The quantitative estimate of drug-likeness (QED) is 0.783. The van der Waals surface area contributed by atoms with E-state index in [9.17, 15) is 13.2 Å². The predicted molar refractivity (Wildman–Crippen MR) is 79.8 cm³/mol. The zero-order valence-electron chi connectivity index (χ0n) is 12.8. The van der Waals surface area contributed by atoms with E-state index in [2.05, 4.69) is 10.3 Å². The lowest BCUT2D eigenvalue weighted by atomic mass is 10.2. The van der Waals surface area contributed by atoms with E-state index in [1.807, 2.05) is 0 Å². The number of carbonyl (C=O) groups is 1. The molecule has 9 heteroatoms. The highest BCUT2D eigenvalue weighted by molar-refractivity contribution is 7.89. The first-order chi connectivity index (χ1) is 10.4. The zero-order valence-corrected chi connectivity index (χ0v) is 13.7. The van der Waals surface area contributed by atoms with Crippen LogP contribution in [0, 0.1) is 0 Å². The van der Waals surface area contributed by atoms with Gasteiger partial charge in [0.2, 0.25) is 10.0 Å². The fraction of sp³-hybridized carbons (Fsp3) is 0.769. The lowest BCUT2D eigenvalue weighted by Crippen LogP contribution is -2.52. The maximum Gasteiger partial charge on any atom is 0.276 e. The van der Waals surface area contributed by atoms with E-state index in [0.29, 0.717) is 18.8 Å². The molecule has 0 saturated carbocycles. The Morgan fingerprint density at radius 2 is 1.91 bits per heavy atom. The number of nitrogens with zero attached hydrogens (tertiary/aromatic N) is 5. The van der Waals surface area contributed by atoms with Crippen molar-refractivity contribution >= 4 is 15.9 Å². The van der Waals surface area contributed by atoms with Gasteiger partial charge in [-0.3, -0.25) is 4.79 Å². The van der Waals surface area contributed by atoms with Gasteiger partial charge in [0.1, 0.15) is 0 Å². The van der Waals surface area contributed by atoms with Gasteiger partial charge in [0.05, 0.1) is 17.5 Å². The van der Waals surface area contributed by atoms with Crippen LogP contribution in [0.5, 0.6) is 0 Å². The van der Waals surface area contributed by atoms with Crippen LogP contribution in [-0.2, 0) is 10.0 Å². The number of hydrogen-bond acceptors (Lipinski definition) is 5. The monoisotopic (exact) mass is 327 g/mol. The molecule has 0 atom stereocenters. The van der Waals surface area contributed by atoms with Gasteiger partial charge in [-0.05, 0) is 26.7 Å². The predicted octanol–water partition coefficient (Wildman–Crippen LogP) is 0.109. The second-order valence-electron chi connectivity index (χ2n) is 6.15. The summed E-state index contributed by atoms with van der Waals surface area (Å²) < 4.78 is 27.1. The van der Waals surface area contributed by atoms with Gasteiger partial charge in [-0.25, -0.2) is 13.1 Å². The lowest BCUT2D eigenvalue weighted by Gasteiger charge is -2.38. The standard InChI is InChI=1S/C13H21N5O3S/c1-10(2)22(20,21)17-7-11(8-17)18-9-12(14-15-18)13(19)16-5-3-4-6-16/h9-11H,3-8H2,1-2H3. The van der Waals surface area contributed by atoms with E-state index >= 15 is 0 Å². The van der Waals surface area contributed by atoms with Gasteiger partial charge in [-0.1, -0.05) is 5.21 Å². The molecule has 2 aliphatic heterocycles. The Hall–Kier alpha value is -1.48. The summed E-state index contributed by atoms with van der Waals surface area (Å²) in [5.41, 5.74) is 0.340. The van der Waals surface area contributed by atoms with Crippen LogP contribution in [0.2, 0.25) is 0 Å². The molecule has 2 saturated heterocycles. The number of carbonyl (C=O) groups excluding carboxylic acids is 1. The van der Waals surface area contributed by atoms with Crippen molar-refractivity contribution in [1.29, 1.82) is 0 Å². The van der Waals surface area contributed by atoms with Gasteiger partial charge in [0.15, 0.2) is 5.69 Å².